The number of hydrogen-bond acceptors (Lipinski definition) is 3. The topological polar surface area (TPSA) is 59.3 Å². The van der Waals surface area contributed by atoms with Gasteiger partial charge in [-0.3, -0.25) is 14.5 Å². The Hall–Kier alpha value is -2.43. The number of rotatable bonds is 1. The molecule has 90 valence electrons. The summed E-state index contributed by atoms with van der Waals surface area (Å²) in [6, 6.07) is 9.81. The van der Waals surface area contributed by atoms with Crippen molar-refractivity contribution >= 4 is 17.4 Å². The van der Waals surface area contributed by atoms with Crippen molar-refractivity contribution in [2.45, 2.75) is 0 Å². The minimum absolute atomic E-state index is 0.120. The van der Waals surface area contributed by atoms with E-state index in [0.29, 0.717) is 5.82 Å². The Bertz CT molecular complexity index is 628. The van der Waals surface area contributed by atoms with Crippen molar-refractivity contribution in [1.29, 1.82) is 0 Å². The smallest absolute Gasteiger partial charge is 0.247 e. The van der Waals surface area contributed by atoms with Crippen LogP contribution in [0, 0.1) is 0 Å². The molecule has 1 aliphatic heterocycles. The van der Waals surface area contributed by atoms with Gasteiger partial charge in [-0.2, -0.15) is 5.10 Å². The van der Waals surface area contributed by atoms with Crippen molar-refractivity contribution in [2.24, 2.45) is 12.0 Å². The van der Waals surface area contributed by atoms with Gasteiger partial charge < -0.3 is 5.32 Å². The maximum atomic E-state index is 11.6. The van der Waals surface area contributed by atoms with Crippen LogP contribution in [0.15, 0.2) is 41.5 Å². The molecule has 3 rings (SSSR count). The molecule has 1 aromatic heterocycles. The van der Waals surface area contributed by atoms with Crippen LogP contribution in [0.5, 0.6) is 0 Å². The molecule has 2 heterocycles. The quantitative estimate of drug-likeness (QED) is 0.814. The summed E-state index contributed by atoms with van der Waals surface area (Å²) in [5.41, 5.74) is 2.65. The summed E-state index contributed by atoms with van der Waals surface area (Å²) in [5.74, 6) is 0.575. The monoisotopic (exact) mass is 240 g/mol. The lowest BCUT2D eigenvalue weighted by atomic mass is 10.0. The summed E-state index contributed by atoms with van der Waals surface area (Å²) >= 11 is 0. The van der Waals surface area contributed by atoms with E-state index >= 15 is 0 Å². The second kappa shape index (κ2) is 4.10. The number of aliphatic imine (C=N–C) groups is 1. The standard InChI is InChI=1S/C13H12N4O/c1-17-13-10(7-15-17)12(14-8-11(18)16-13)9-5-3-2-4-6-9/h2-7H,8H2,1H3,(H,16,18). The van der Waals surface area contributed by atoms with Gasteiger partial charge in [0.1, 0.15) is 12.4 Å². The average molecular weight is 240 g/mol. The molecule has 1 N–H and O–H groups in total. The van der Waals surface area contributed by atoms with Crippen LogP contribution < -0.4 is 5.32 Å². The highest BCUT2D eigenvalue weighted by molar-refractivity contribution is 6.18. The van der Waals surface area contributed by atoms with Gasteiger partial charge in [0.15, 0.2) is 0 Å². The number of benzene rings is 1. The molecular formula is C13H12N4O. The van der Waals surface area contributed by atoms with Crippen LogP contribution in [-0.2, 0) is 11.8 Å². The van der Waals surface area contributed by atoms with Gasteiger partial charge in [0.05, 0.1) is 17.5 Å². The lowest BCUT2D eigenvalue weighted by molar-refractivity contribution is -0.114. The van der Waals surface area contributed by atoms with E-state index in [1.54, 1.807) is 17.9 Å². The lowest BCUT2D eigenvalue weighted by Gasteiger charge is -2.05. The first-order valence-corrected chi connectivity index (χ1v) is 5.68. The highest BCUT2D eigenvalue weighted by atomic mass is 16.2. The molecule has 0 aliphatic carbocycles. The first-order valence-electron chi connectivity index (χ1n) is 5.68. The third-order valence-corrected chi connectivity index (χ3v) is 2.88. The van der Waals surface area contributed by atoms with Gasteiger partial charge >= 0.3 is 0 Å². The number of aromatic nitrogens is 2. The largest absolute Gasteiger partial charge is 0.309 e. The number of aryl methyl sites for hydroxylation is 1. The molecule has 0 radical (unpaired) electrons. The van der Waals surface area contributed by atoms with Crippen LogP contribution in [0.1, 0.15) is 11.1 Å². The SMILES string of the molecule is Cn1ncc2c1NC(=O)CN=C2c1ccccc1. The number of nitrogens with zero attached hydrogens (tertiary/aromatic N) is 3. The molecule has 2 aromatic rings. The highest BCUT2D eigenvalue weighted by Gasteiger charge is 2.20. The number of nitrogens with one attached hydrogen (secondary N) is 1. The summed E-state index contributed by atoms with van der Waals surface area (Å²) < 4.78 is 1.65. The van der Waals surface area contributed by atoms with Gasteiger partial charge in [-0.15, -0.1) is 0 Å². The first kappa shape index (κ1) is 10.7. The van der Waals surface area contributed by atoms with Gasteiger partial charge in [0.25, 0.3) is 0 Å². The zero-order valence-electron chi connectivity index (χ0n) is 9.92. The van der Waals surface area contributed by atoms with Crippen LogP contribution in [0.4, 0.5) is 5.82 Å². The van der Waals surface area contributed by atoms with Gasteiger partial charge in [-0.1, -0.05) is 30.3 Å². The number of amides is 1. The van der Waals surface area contributed by atoms with Crippen LogP contribution in [-0.4, -0.2) is 27.9 Å². The lowest BCUT2D eigenvalue weighted by Crippen LogP contribution is -2.16. The van der Waals surface area contributed by atoms with E-state index in [9.17, 15) is 4.79 Å². The van der Waals surface area contributed by atoms with Gasteiger partial charge in [-0.25, -0.2) is 0 Å². The summed E-state index contributed by atoms with van der Waals surface area (Å²) in [5, 5.41) is 6.99. The molecule has 5 nitrogen and oxygen atoms in total. The Morgan fingerprint density at radius 1 is 1.28 bits per heavy atom. The Labute approximate surface area is 104 Å². The predicted octanol–water partition coefficient (Wildman–Crippen LogP) is 1.21. The number of carbonyl (C=O) groups is 1. The van der Waals surface area contributed by atoms with Crippen molar-refractivity contribution in [3.63, 3.8) is 0 Å². The highest BCUT2D eigenvalue weighted by Crippen LogP contribution is 2.21. The molecule has 0 spiro atoms. The van der Waals surface area contributed by atoms with Crippen molar-refractivity contribution in [3.8, 4) is 0 Å². The Morgan fingerprint density at radius 2 is 2.06 bits per heavy atom. The minimum Gasteiger partial charge on any atom is -0.309 e. The van der Waals surface area contributed by atoms with Gasteiger partial charge in [0.2, 0.25) is 5.91 Å². The van der Waals surface area contributed by atoms with Crippen molar-refractivity contribution in [3.05, 3.63) is 47.7 Å². The van der Waals surface area contributed by atoms with E-state index in [1.165, 1.54) is 0 Å². The molecule has 0 atom stereocenters. The Balaban J connectivity index is 2.17. The molecular weight excluding hydrogens is 228 g/mol. The molecule has 1 amide bonds. The van der Waals surface area contributed by atoms with Crippen LogP contribution in [0.3, 0.4) is 0 Å². The van der Waals surface area contributed by atoms with Crippen molar-refractivity contribution in [1.82, 2.24) is 9.78 Å². The van der Waals surface area contributed by atoms with Crippen LogP contribution >= 0.6 is 0 Å². The minimum atomic E-state index is -0.120. The molecule has 18 heavy (non-hydrogen) atoms. The fourth-order valence-corrected chi connectivity index (χ4v) is 2.01. The van der Waals surface area contributed by atoms with E-state index in [4.69, 9.17) is 0 Å². The molecule has 1 aromatic carbocycles. The zero-order valence-corrected chi connectivity index (χ0v) is 9.92. The molecule has 0 saturated heterocycles. The number of hydrogen-bond donors (Lipinski definition) is 1. The molecule has 0 fully saturated rings. The summed E-state index contributed by atoms with van der Waals surface area (Å²) in [6.45, 7) is 0.138. The van der Waals surface area contributed by atoms with E-state index in [1.807, 2.05) is 30.3 Å². The summed E-state index contributed by atoms with van der Waals surface area (Å²) in [4.78, 5) is 16.0. The maximum Gasteiger partial charge on any atom is 0.247 e. The first-order chi connectivity index (χ1) is 8.75. The normalized spacial score (nSPS) is 14.5. The summed E-state index contributed by atoms with van der Waals surface area (Å²) in [6.07, 6.45) is 1.73. The number of anilines is 1. The van der Waals surface area contributed by atoms with Gasteiger partial charge in [-0.05, 0) is 0 Å². The third-order valence-electron chi connectivity index (χ3n) is 2.88. The zero-order chi connectivity index (χ0) is 12.5. The second-order valence-electron chi connectivity index (χ2n) is 4.11. The maximum absolute atomic E-state index is 11.6. The molecule has 0 saturated carbocycles. The summed E-state index contributed by atoms with van der Waals surface area (Å²) in [7, 11) is 1.80. The predicted molar refractivity (Wildman–Crippen MR) is 68.8 cm³/mol. The van der Waals surface area contributed by atoms with E-state index < -0.39 is 0 Å². The Kier molecular flexibility index (Phi) is 2.44. The number of carbonyl (C=O) groups excluding carboxylic acids is 1. The number of fused-ring (bicyclic) bond motifs is 1. The fourth-order valence-electron chi connectivity index (χ4n) is 2.01. The van der Waals surface area contributed by atoms with Crippen LogP contribution in [0.25, 0.3) is 0 Å². The Morgan fingerprint density at radius 3 is 2.83 bits per heavy atom. The van der Waals surface area contributed by atoms with E-state index in [2.05, 4.69) is 15.4 Å². The second-order valence-corrected chi connectivity index (χ2v) is 4.11. The van der Waals surface area contributed by atoms with E-state index in [0.717, 1.165) is 16.8 Å². The van der Waals surface area contributed by atoms with Crippen LogP contribution in [0.2, 0.25) is 0 Å². The molecule has 0 bridgehead atoms. The van der Waals surface area contributed by atoms with Crippen molar-refractivity contribution in [2.75, 3.05) is 11.9 Å². The molecule has 1 aliphatic rings. The third kappa shape index (κ3) is 1.69. The van der Waals surface area contributed by atoms with E-state index in [-0.39, 0.29) is 12.5 Å². The molecule has 5 heteroatoms. The molecule has 0 unspecified atom stereocenters. The van der Waals surface area contributed by atoms with Crippen molar-refractivity contribution < 1.29 is 4.79 Å². The average Bonchev–Trinajstić information content (AvgIpc) is 2.65. The van der Waals surface area contributed by atoms with Gasteiger partial charge in [0, 0.05) is 12.6 Å². The fraction of sp³-hybridized carbons (Fsp3) is 0.154.